The summed E-state index contributed by atoms with van der Waals surface area (Å²) < 4.78 is 14.7. The number of aryl methyl sites for hydroxylation is 1. The molecule has 1 aliphatic carbocycles. The molecule has 2 aliphatic rings. The van der Waals surface area contributed by atoms with Gasteiger partial charge in [0.2, 0.25) is 0 Å². The first-order valence-corrected chi connectivity index (χ1v) is 10.3. The molecule has 1 aliphatic heterocycles. The Labute approximate surface area is 171 Å². The van der Waals surface area contributed by atoms with Gasteiger partial charge < -0.3 is 10.2 Å². The zero-order valence-corrected chi connectivity index (χ0v) is 17.2. The van der Waals surface area contributed by atoms with Crippen LogP contribution in [0.3, 0.4) is 0 Å². The van der Waals surface area contributed by atoms with E-state index in [1.54, 1.807) is 12.1 Å². The molecule has 4 nitrogen and oxygen atoms in total. The van der Waals surface area contributed by atoms with Gasteiger partial charge in [-0.15, -0.1) is 0 Å². The van der Waals surface area contributed by atoms with E-state index in [0.717, 1.165) is 48.9 Å². The minimum Gasteiger partial charge on any atom is -0.389 e. The first-order valence-electron chi connectivity index (χ1n) is 10.3. The van der Waals surface area contributed by atoms with E-state index in [-0.39, 0.29) is 23.4 Å². The maximum atomic E-state index is 14.7. The number of nitrogens with zero attached hydrogens (tertiary/aromatic N) is 1. The van der Waals surface area contributed by atoms with E-state index < -0.39 is 0 Å². The van der Waals surface area contributed by atoms with E-state index in [0.29, 0.717) is 16.7 Å². The van der Waals surface area contributed by atoms with Crippen molar-refractivity contribution in [2.75, 3.05) is 0 Å². The lowest BCUT2D eigenvalue weighted by molar-refractivity contribution is -0.0126. The molecule has 0 radical (unpaired) electrons. The van der Waals surface area contributed by atoms with Crippen LogP contribution in [0.5, 0.6) is 0 Å². The fourth-order valence-electron chi connectivity index (χ4n) is 4.24. The van der Waals surface area contributed by atoms with Crippen molar-refractivity contribution in [3.63, 3.8) is 0 Å². The number of benzene rings is 2. The van der Waals surface area contributed by atoms with Crippen LogP contribution in [-0.4, -0.2) is 23.3 Å². The molecule has 1 saturated carbocycles. The molecular formula is C24H27FN2O2. The quantitative estimate of drug-likeness (QED) is 0.757. The van der Waals surface area contributed by atoms with Gasteiger partial charge in [-0.2, -0.15) is 0 Å². The van der Waals surface area contributed by atoms with Gasteiger partial charge in [0, 0.05) is 29.2 Å². The third-order valence-electron chi connectivity index (χ3n) is 5.74. The average Bonchev–Trinajstić information content (AvgIpc) is 3.31. The molecule has 4 rings (SSSR count). The summed E-state index contributed by atoms with van der Waals surface area (Å²) in [5.74, 6) is -0.472. The summed E-state index contributed by atoms with van der Waals surface area (Å²) in [5, 5.41) is 7.29. The SMILES string of the molecule is Cc1ccc(-c2cc(C(=O)NC(C)C)cc(C3=NOC4(CCCC4)C3)c2)c(F)c1. The van der Waals surface area contributed by atoms with Crippen molar-refractivity contribution < 1.29 is 14.0 Å². The molecule has 1 spiro atoms. The molecule has 2 aromatic carbocycles. The summed E-state index contributed by atoms with van der Waals surface area (Å²) in [6.45, 7) is 5.69. The molecule has 0 aromatic heterocycles. The lowest BCUT2D eigenvalue weighted by Gasteiger charge is -2.19. The van der Waals surface area contributed by atoms with Gasteiger partial charge in [0.1, 0.15) is 11.4 Å². The maximum absolute atomic E-state index is 14.7. The molecule has 0 bridgehead atoms. The maximum Gasteiger partial charge on any atom is 0.251 e. The summed E-state index contributed by atoms with van der Waals surface area (Å²) in [5.41, 5.74) is 3.97. The van der Waals surface area contributed by atoms with Crippen LogP contribution >= 0.6 is 0 Å². The summed E-state index contributed by atoms with van der Waals surface area (Å²) in [7, 11) is 0. The molecule has 1 heterocycles. The Bertz CT molecular complexity index is 975. The Morgan fingerprint density at radius 1 is 1.14 bits per heavy atom. The van der Waals surface area contributed by atoms with Crippen molar-refractivity contribution in [1.82, 2.24) is 5.32 Å². The number of carbonyl (C=O) groups excluding carboxylic acids is 1. The topological polar surface area (TPSA) is 50.7 Å². The largest absolute Gasteiger partial charge is 0.389 e. The minimum atomic E-state index is -0.297. The van der Waals surface area contributed by atoms with Gasteiger partial charge in [-0.3, -0.25) is 4.79 Å². The second kappa shape index (κ2) is 7.62. The normalized spacial score (nSPS) is 17.5. The summed E-state index contributed by atoms with van der Waals surface area (Å²) in [6, 6.07) is 10.7. The molecule has 1 amide bonds. The molecule has 29 heavy (non-hydrogen) atoms. The van der Waals surface area contributed by atoms with E-state index in [4.69, 9.17) is 4.84 Å². The van der Waals surface area contributed by atoms with E-state index in [1.165, 1.54) is 6.07 Å². The highest BCUT2D eigenvalue weighted by Crippen LogP contribution is 2.41. The number of halogens is 1. The molecule has 5 heteroatoms. The second-order valence-electron chi connectivity index (χ2n) is 8.61. The highest BCUT2D eigenvalue weighted by Gasteiger charge is 2.42. The fraction of sp³-hybridized carbons (Fsp3) is 0.417. The molecule has 0 unspecified atom stereocenters. The van der Waals surface area contributed by atoms with Crippen LogP contribution in [0.1, 0.15) is 67.4 Å². The van der Waals surface area contributed by atoms with Crippen LogP contribution in [0.15, 0.2) is 41.6 Å². The number of oxime groups is 1. The Morgan fingerprint density at radius 2 is 1.86 bits per heavy atom. The Morgan fingerprint density at radius 3 is 2.55 bits per heavy atom. The summed E-state index contributed by atoms with van der Waals surface area (Å²) >= 11 is 0. The van der Waals surface area contributed by atoms with Crippen molar-refractivity contribution in [2.45, 2.75) is 64.5 Å². The molecular weight excluding hydrogens is 367 g/mol. The monoisotopic (exact) mass is 394 g/mol. The van der Waals surface area contributed by atoms with Crippen LogP contribution in [0.2, 0.25) is 0 Å². The van der Waals surface area contributed by atoms with Gasteiger partial charge in [-0.1, -0.05) is 17.3 Å². The second-order valence-corrected chi connectivity index (χ2v) is 8.61. The molecule has 1 fully saturated rings. The van der Waals surface area contributed by atoms with Gasteiger partial charge in [0.15, 0.2) is 0 Å². The fourth-order valence-corrected chi connectivity index (χ4v) is 4.24. The van der Waals surface area contributed by atoms with Gasteiger partial charge in [0.25, 0.3) is 5.91 Å². The van der Waals surface area contributed by atoms with Gasteiger partial charge in [0.05, 0.1) is 5.71 Å². The third kappa shape index (κ3) is 4.04. The van der Waals surface area contributed by atoms with Crippen LogP contribution in [-0.2, 0) is 4.84 Å². The van der Waals surface area contributed by atoms with Crippen LogP contribution in [0, 0.1) is 12.7 Å². The third-order valence-corrected chi connectivity index (χ3v) is 5.74. The number of nitrogens with one attached hydrogen (secondary N) is 1. The average molecular weight is 394 g/mol. The van der Waals surface area contributed by atoms with Gasteiger partial charge in [-0.25, -0.2) is 4.39 Å². The van der Waals surface area contributed by atoms with E-state index in [1.807, 2.05) is 39.0 Å². The lowest BCUT2D eigenvalue weighted by atomic mass is 9.90. The minimum absolute atomic E-state index is 0.0135. The predicted octanol–water partition coefficient (Wildman–Crippen LogP) is 5.38. The lowest BCUT2D eigenvalue weighted by Crippen LogP contribution is -2.30. The molecule has 0 saturated heterocycles. The Balaban J connectivity index is 1.75. The zero-order valence-electron chi connectivity index (χ0n) is 17.2. The molecule has 0 atom stereocenters. The number of carbonyl (C=O) groups is 1. The van der Waals surface area contributed by atoms with E-state index in [9.17, 15) is 9.18 Å². The van der Waals surface area contributed by atoms with Gasteiger partial charge >= 0.3 is 0 Å². The van der Waals surface area contributed by atoms with Crippen LogP contribution in [0.4, 0.5) is 4.39 Å². The Kier molecular flexibility index (Phi) is 5.15. The van der Waals surface area contributed by atoms with E-state index in [2.05, 4.69) is 10.5 Å². The van der Waals surface area contributed by atoms with Gasteiger partial charge in [-0.05, 0) is 81.8 Å². The molecule has 1 N–H and O–H groups in total. The van der Waals surface area contributed by atoms with Crippen molar-refractivity contribution >= 4 is 11.6 Å². The standard InChI is InChI=1S/C24H27FN2O2/c1-15(2)26-23(28)19-12-17(20-7-6-16(3)10-21(20)25)11-18(13-19)22-14-24(29-27-22)8-4-5-9-24/h6-7,10-13,15H,4-5,8-9,14H2,1-3H3,(H,26,28). The van der Waals surface area contributed by atoms with Crippen molar-refractivity contribution in [2.24, 2.45) is 5.16 Å². The number of hydrogen-bond donors (Lipinski definition) is 1. The predicted molar refractivity (Wildman–Crippen MR) is 113 cm³/mol. The van der Waals surface area contributed by atoms with Crippen LogP contribution < -0.4 is 5.32 Å². The summed E-state index contributed by atoms with van der Waals surface area (Å²) in [4.78, 5) is 18.6. The van der Waals surface area contributed by atoms with Crippen LogP contribution in [0.25, 0.3) is 11.1 Å². The van der Waals surface area contributed by atoms with Crippen molar-refractivity contribution in [1.29, 1.82) is 0 Å². The highest BCUT2D eigenvalue weighted by atomic mass is 19.1. The summed E-state index contributed by atoms with van der Waals surface area (Å²) in [6.07, 6.45) is 5.05. The van der Waals surface area contributed by atoms with Crippen molar-refractivity contribution in [3.05, 3.63) is 58.9 Å². The van der Waals surface area contributed by atoms with Crippen molar-refractivity contribution in [3.8, 4) is 11.1 Å². The first kappa shape index (κ1) is 19.6. The van der Waals surface area contributed by atoms with E-state index >= 15 is 0 Å². The highest BCUT2D eigenvalue weighted by molar-refractivity contribution is 6.05. The molecule has 152 valence electrons. The first-order chi connectivity index (χ1) is 13.8. The zero-order chi connectivity index (χ0) is 20.6. The smallest absolute Gasteiger partial charge is 0.251 e. The Hall–Kier alpha value is -2.69. The number of rotatable bonds is 4. The number of amides is 1. The number of hydrogen-bond acceptors (Lipinski definition) is 3. The molecule has 2 aromatic rings.